The van der Waals surface area contributed by atoms with Crippen LogP contribution >= 0.6 is 0 Å². The molecule has 0 spiro atoms. The number of carboxylic acid groups (broad SMARTS) is 1. The first-order chi connectivity index (χ1) is 10.5. The van der Waals surface area contributed by atoms with E-state index in [0.29, 0.717) is 18.6 Å². The number of carboxylic acids is 1. The standard InChI is InChI=1S/C16H21NO5/c1-4-5-6-13(16(19)20)17-15(18)10-22-12-7-8-14(21-3)11(2)9-12/h4,7-9,13H,1,5-6,10H2,2-3H3,(H,17,18)(H,19,20). The smallest absolute Gasteiger partial charge is 0.326 e. The monoisotopic (exact) mass is 307 g/mol. The average molecular weight is 307 g/mol. The molecule has 1 aromatic rings. The molecule has 6 nitrogen and oxygen atoms in total. The number of hydrogen-bond acceptors (Lipinski definition) is 4. The zero-order valence-corrected chi connectivity index (χ0v) is 12.8. The summed E-state index contributed by atoms with van der Waals surface area (Å²) in [5.74, 6) is -0.306. The molecule has 0 aliphatic carbocycles. The zero-order valence-electron chi connectivity index (χ0n) is 12.8. The van der Waals surface area contributed by atoms with E-state index in [9.17, 15) is 9.59 Å². The minimum absolute atomic E-state index is 0.246. The molecule has 0 aromatic heterocycles. The predicted octanol–water partition coefficient (Wildman–Crippen LogP) is 1.92. The summed E-state index contributed by atoms with van der Waals surface area (Å²) < 4.78 is 10.5. The van der Waals surface area contributed by atoms with E-state index in [1.165, 1.54) is 0 Å². The van der Waals surface area contributed by atoms with Gasteiger partial charge < -0.3 is 19.9 Å². The fourth-order valence-corrected chi connectivity index (χ4v) is 1.87. The Balaban J connectivity index is 2.52. The van der Waals surface area contributed by atoms with Gasteiger partial charge in [-0.15, -0.1) is 6.58 Å². The van der Waals surface area contributed by atoms with E-state index < -0.39 is 17.9 Å². The quantitative estimate of drug-likeness (QED) is 0.681. The Bertz CT molecular complexity index is 541. The van der Waals surface area contributed by atoms with Crippen molar-refractivity contribution in [2.45, 2.75) is 25.8 Å². The molecule has 0 aliphatic heterocycles. The molecule has 0 saturated heterocycles. The summed E-state index contributed by atoms with van der Waals surface area (Å²) in [6, 6.07) is 4.24. The van der Waals surface area contributed by atoms with Gasteiger partial charge in [0.05, 0.1) is 7.11 Å². The number of carbonyl (C=O) groups is 2. The molecule has 0 saturated carbocycles. The van der Waals surface area contributed by atoms with Gasteiger partial charge in [-0.25, -0.2) is 4.79 Å². The number of methoxy groups -OCH3 is 1. The third-order valence-corrected chi connectivity index (χ3v) is 3.03. The number of hydrogen-bond donors (Lipinski definition) is 2. The molecule has 1 rings (SSSR count). The Morgan fingerprint density at radius 2 is 2.18 bits per heavy atom. The summed E-state index contributed by atoms with van der Waals surface area (Å²) in [6.45, 7) is 5.15. The molecular weight excluding hydrogens is 286 g/mol. The molecule has 0 radical (unpaired) electrons. The zero-order chi connectivity index (χ0) is 16.5. The third kappa shape index (κ3) is 5.47. The van der Waals surface area contributed by atoms with Crippen molar-refractivity contribution in [2.24, 2.45) is 0 Å². The van der Waals surface area contributed by atoms with E-state index in [-0.39, 0.29) is 6.61 Å². The Hall–Kier alpha value is -2.50. The highest BCUT2D eigenvalue weighted by Gasteiger charge is 2.19. The van der Waals surface area contributed by atoms with Gasteiger partial charge in [-0.3, -0.25) is 4.79 Å². The number of aryl methyl sites for hydroxylation is 1. The molecule has 0 bridgehead atoms. The van der Waals surface area contributed by atoms with E-state index >= 15 is 0 Å². The molecule has 0 aliphatic rings. The summed E-state index contributed by atoms with van der Waals surface area (Å²) in [7, 11) is 1.58. The van der Waals surface area contributed by atoms with Gasteiger partial charge in [0.2, 0.25) is 0 Å². The van der Waals surface area contributed by atoms with Crippen LogP contribution in [0.3, 0.4) is 0 Å². The number of aliphatic carboxylic acids is 1. The molecule has 0 fully saturated rings. The molecule has 2 N–H and O–H groups in total. The predicted molar refractivity (Wildman–Crippen MR) is 82.2 cm³/mol. The maximum absolute atomic E-state index is 11.8. The van der Waals surface area contributed by atoms with Crippen LogP contribution in [-0.2, 0) is 9.59 Å². The lowest BCUT2D eigenvalue weighted by molar-refractivity contribution is -0.142. The number of carbonyl (C=O) groups excluding carboxylic acids is 1. The molecule has 22 heavy (non-hydrogen) atoms. The second kappa shape index (κ2) is 8.71. The lowest BCUT2D eigenvalue weighted by Gasteiger charge is -2.14. The van der Waals surface area contributed by atoms with E-state index in [1.54, 1.807) is 31.4 Å². The van der Waals surface area contributed by atoms with Crippen LogP contribution < -0.4 is 14.8 Å². The van der Waals surface area contributed by atoms with Crippen LogP contribution in [-0.4, -0.2) is 36.7 Å². The third-order valence-electron chi connectivity index (χ3n) is 3.03. The first kappa shape index (κ1) is 17.6. The second-order valence-electron chi connectivity index (χ2n) is 4.74. The van der Waals surface area contributed by atoms with Crippen LogP contribution in [0.25, 0.3) is 0 Å². The largest absolute Gasteiger partial charge is 0.496 e. The maximum atomic E-state index is 11.8. The number of rotatable bonds is 9. The SMILES string of the molecule is C=CCCC(NC(=O)COc1ccc(OC)c(C)c1)C(=O)O. The van der Waals surface area contributed by atoms with Crippen LogP contribution in [0.2, 0.25) is 0 Å². The second-order valence-corrected chi connectivity index (χ2v) is 4.74. The lowest BCUT2D eigenvalue weighted by atomic mass is 10.1. The van der Waals surface area contributed by atoms with Crippen LogP contribution in [0.5, 0.6) is 11.5 Å². The topological polar surface area (TPSA) is 84.9 Å². The summed E-state index contributed by atoms with van der Waals surface area (Å²) in [5.41, 5.74) is 0.884. The molecule has 1 aromatic carbocycles. The van der Waals surface area contributed by atoms with Crippen molar-refractivity contribution < 1.29 is 24.2 Å². The number of nitrogens with one attached hydrogen (secondary N) is 1. The van der Waals surface area contributed by atoms with Crippen LogP contribution in [0.15, 0.2) is 30.9 Å². The first-order valence-corrected chi connectivity index (χ1v) is 6.88. The highest BCUT2D eigenvalue weighted by atomic mass is 16.5. The van der Waals surface area contributed by atoms with Gasteiger partial charge in [0, 0.05) is 0 Å². The van der Waals surface area contributed by atoms with Crippen molar-refractivity contribution in [2.75, 3.05) is 13.7 Å². The summed E-state index contributed by atoms with van der Waals surface area (Å²) >= 11 is 0. The first-order valence-electron chi connectivity index (χ1n) is 6.88. The highest BCUT2D eigenvalue weighted by Crippen LogP contribution is 2.22. The highest BCUT2D eigenvalue weighted by molar-refractivity contribution is 5.84. The van der Waals surface area contributed by atoms with Crippen molar-refractivity contribution in [3.05, 3.63) is 36.4 Å². The fraction of sp³-hybridized carbons (Fsp3) is 0.375. The molecule has 1 unspecified atom stereocenters. The normalized spacial score (nSPS) is 11.4. The van der Waals surface area contributed by atoms with E-state index in [2.05, 4.69) is 11.9 Å². The Labute approximate surface area is 129 Å². The van der Waals surface area contributed by atoms with E-state index in [0.717, 1.165) is 11.3 Å². The molecule has 6 heteroatoms. The molecule has 0 heterocycles. The van der Waals surface area contributed by atoms with Crippen molar-refractivity contribution in [3.8, 4) is 11.5 Å². The van der Waals surface area contributed by atoms with Crippen molar-refractivity contribution in [1.29, 1.82) is 0 Å². The van der Waals surface area contributed by atoms with Gasteiger partial charge >= 0.3 is 5.97 Å². The van der Waals surface area contributed by atoms with Crippen LogP contribution in [0, 0.1) is 6.92 Å². The minimum atomic E-state index is -1.07. The maximum Gasteiger partial charge on any atom is 0.326 e. The van der Waals surface area contributed by atoms with Gasteiger partial charge in [0.1, 0.15) is 17.5 Å². The number of allylic oxidation sites excluding steroid dienone is 1. The Morgan fingerprint density at radius 3 is 2.73 bits per heavy atom. The van der Waals surface area contributed by atoms with Gasteiger partial charge in [0.25, 0.3) is 5.91 Å². The van der Waals surface area contributed by atoms with Gasteiger partial charge in [-0.1, -0.05) is 6.08 Å². The molecule has 1 atom stereocenters. The lowest BCUT2D eigenvalue weighted by Crippen LogP contribution is -2.42. The van der Waals surface area contributed by atoms with Gasteiger partial charge in [0.15, 0.2) is 6.61 Å². The summed E-state index contributed by atoms with van der Waals surface area (Å²) in [4.78, 5) is 22.8. The van der Waals surface area contributed by atoms with E-state index in [1.807, 2.05) is 6.92 Å². The van der Waals surface area contributed by atoms with Crippen molar-refractivity contribution >= 4 is 11.9 Å². The number of amides is 1. The summed E-state index contributed by atoms with van der Waals surface area (Å²) in [6.07, 6.45) is 2.42. The number of benzene rings is 1. The summed E-state index contributed by atoms with van der Waals surface area (Å²) in [5, 5.41) is 11.4. The van der Waals surface area contributed by atoms with Gasteiger partial charge in [-0.2, -0.15) is 0 Å². The molecule has 120 valence electrons. The fourth-order valence-electron chi connectivity index (χ4n) is 1.87. The van der Waals surface area contributed by atoms with Crippen molar-refractivity contribution in [1.82, 2.24) is 5.32 Å². The average Bonchev–Trinajstić information content (AvgIpc) is 2.49. The van der Waals surface area contributed by atoms with Crippen LogP contribution in [0.1, 0.15) is 18.4 Å². The Morgan fingerprint density at radius 1 is 1.45 bits per heavy atom. The van der Waals surface area contributed by atoms with Crippen LogP contribution in [0.4, 0.5) is 0 Å². The molecule has 1 amide bonds. The Kier molecular flexibility index (Phi) is 6.95. The molecular formula is C16H21NO5. The van der Waals surface area contributed by atoms with E-state index in [4.69, 9.17) is 14.6 Å². The van der Waals surface area contributed by atoms with Gasteiger partial charge in [-0.05, 0) is 43.5 Å². The minimum Gasteiger partial charge on any atom is -0.496 e. The number of ether oxygens (including phenoxy) is 2. The van der Waals surface area contributed by atoms with Crippen molar-refractivity contribution in [3.63, 3.8) is 0 Å².